The Hall–Kier alpha value is -1.56. The maximum absolute atomic E-state index is 11.8. The van der Waals surface area contributed by atoms with E-state index in [9.17, 15) is 21.6 Å². The predicted octanol–water partition coefficient (Wildman–Crippen LogP) is -1.00. The van der Waals surface area contributed by atoms with Crippen LogP contribution >= 0.6 is 0 Å². The smallest absolute Gasteiger partial charge is 0.337 e. The molecule has 0 saturated carbocycles. The predicted molar refractivity (Wildman–Crippen MR) is 73.8 cm³/mol. The first-order valence-corrected chi connectivity index (χ1v) is 8.98. The highest BCUT2D eigenvalue weighted by Crippen LogP contribution is 2.06. The minimum Gasteiger partial charge on any atom is -0.478 e. The minimum absolute atomic E-state index is 0.149. The van der Waals surface area contributed by atoms with Crippen molar-refractivity contribution >= 4 is 26.0 Å². The van der Waals surface area contributed by atoms with E-state index in [-0.39, 0.29) is 23.7 Å². The summed E-state index contributed by atoms with van der Waals surface area (Å²) in [7, 11) is -7.52. The third-order valence-electron chi connectivity index (χ3n) is 2.29. The van der Waals surface area contributed by atoms with Gasteiger partial charge in [0.25, 0.3) is 10.0 Å². The van der Waals surface area contributed by atoms with Crippen molar-refractivity contribution in [1.82, 2.24) is 14.4 Å². The van der Waals surface area contributed by atoms with E-state index in [0.29, 0.717) is 0 Å². The number of aromatic carboxylic acids is 1. The summed E-state index contributed by atoms with van der Waals surface area (Å²) in [4.78, 5) is 14.2. The molecule has 0 aliphatic heterocycles. The van der Waals surface area contributed by atoms with E-state index >= 15 is 0 Å². The third kappa shape index (κ3) is 5.38. The molecule has 1 aromatic heterocycles. The molecule has 21 heavy (non-hydrogen) atoms. The monoisotopic (exact) mass is 337 g/mol. The Morgan fingerprint density at radius 3 is 2.38 bits per heavy atom. The molecule has 118 valence electrons. The molecule has 0 fully saturated rings. The number of hydrogen-bond acceptors (Lipinski definition) is 6. The first-order valence-electron chi connectivity index (χ1n) is 5.84. The Bertz CT molecular complexity index is 697. The number of pyridine rings is 1. The lowest BCUT2D eigenvalue weighted by Gasteiger charge is -2.07. The third-order valence-corrected chi connectivity index (χ3v) is 5.13. The van der Waals surface area contributed by atoms with Crippen molar-refractivity contribution in [2.75, 3.05) is 18.8 Å². The number of carboxylic acid groups (broad SMARTS) is 1. The summed E-state index contributed by atoms with van der Waals surface area (Å²) in [5.41, 5.74) is -0.149. The maximum Gasteiger partial charge on any atom is 0.337 e. The molecule has 0 amide bonds. The van der Waals surface area contributed by atoms with Crippen molar-refractivity contribution in [2.45, 2.75) is 11.9 Å². The second-order valence-corrected chi connectivity index (χ2v) is 7.55. The first kappa shape index (κ1) is 17.5. The average molecular weight is 337 g/mol. The fraction of sp³-hybridized carbons (Fsp3) is 0.400. The van der Waals surface area contributed by atoms with E-state index in [1.807, 2.05) is 0 Å². The van der Waals surface area contributed by atoms with Crippen LogP contribution in [0.25, 0.3) is 0 Å². The van der Waals surface area contributed by atoms with Gasteiger partial charge in [0.15, 0.2) is 5.03 Å². The van der Waals surface area contributed by atoms with E-state index in [1.54, 1.807) is 6.92 Å². The van der Waals surface area contributed by atoms with Gasteiger partial charge in [-0.1, -0.05) is 6.92 Å². The van der Waals surface area contributed by atoms with Crippen molar-refractivity contribution in [2.24, 2.45) is 0 Å². The SMILES string of the molecule is CCNS(=O)(=O)CCNS(=O)(=O)c1ccc(C(=O)O)cn1. The van der Waals surface area contributed by atoms with Crippen LogP contribution in [0.1, 0.15) is 17.3 Å². The summed E-state index contributed by atoms with van der Waals surface area (Å²) in [6, 6.07) is 2.13. The second kappa shape index (κ2) is 6.93. The number of nitrogens with one attached hydrogen (secondary N) is 2. The molecule has 0 radical (unpaired) electrons. The Balaban J connectivity index is 2.72. The van der Waals surface area contributed by atoms with Gasteiger partial charge in [-0.2, -0.15) is 0 Å². The highest BCUT2D eigenvalue weighted by molar-refractivity contribution is 7.90. The van der Waals surface area contributed by atoms with Crippen LogP contribution in [0.4, 0.5) is 0 Å². The lowest BCUT2D eigenvalue weighted by atomic mass is 10.3. The molecule has 1 rings (SSSR count). The van der Waals surface area contributed by atoms with Gasteiger partial charge >= 0.3 is 5.97 Å². The number of carbonyl (C=O) groups is 1. The number of aromatic nitrogens is 1. The van der Waals surface area contributed by atoms with Crippen LogP contribution in [-0.4, -0.2) is 51.7 Å². The highest BCUT2D eigenvalue weighted by atomic mass is 32.2. The molecule has 9 nitrogen and oxygen atoms in total. The van der Waals surface area contributed by atoms with Crippen LogP contribution in [0.5, 0.6) is 0 Å². The quantitative estimate of drug-likeness (QED) is 0.552. The molecule has 1 aromatic rings. The maximum atomic E-state index is 11.8. The van der Waals surface area contributed by atoms with E-state index < -0.39 is 31.8 Å². The van der Waals surface area contributed by atoms with Gasteiger partial charge in [-0.15, -0.1) is 0 Å². The molecule has 11 heteroatoms. The van der Waals surface area contributed by atoms with E-state index in [2.05, 4.69) is 14.4 Å². The van der Waals surface area contributed by atoms with Gasteiger partial charge in [0.05, 0.1) is 11.3 Å². The number of carboxylic acids is 1. The van der Waals surface area contributed by atoms with Crippen molar-refractivity contribution in [1.29, 1.82) is 0 Å². The van der Waals surface area contributed by atoms with Crippen LogP contribution < -0.4 is 9.44 Å². The summed E-state index contributed by atoms with van der Waals surface area (Å²) >= 11 is 0. The summed E-state index contributed by atoms with van der Waals surface area (Å²) in [6.45, 7) is 1.50. The summed E-state index contributed by atoms with van der Waals surface area (Å²) in [6.07, 6.45) is 0.909. The van der Waals surface area contributed by atoms with Crippen molar-refractivity contribution in [3.63, 3.8) is 0 Å². The van der Waals surface area contributed by atoms with Gasteiger partial charge in [0.1, 0.15) is 0 Å². The minimum atomic E-state index is -3.99. The molecule has 0 aliphatic carbocycles. The molecule has 3 N–H and O–H groups in total. The molecule has 0 unspecified atom stereocenters. The van der Waals surface area contributed by atoms with Gasteiger partial charge in [-0.05, 0) is 12.1 Å². The molecular formula is C10H15N3O6S2. The Kier molecular flexibility index (Phi) is 5.78. The van der Waals surface area contributed by atoms with Crippen LogP contribution in [0, 0.1) is 0 Å². The van der Waals surface area contributed by atoms with Crippen LogP contribution in [0.2, 0.25) is 0 Å². The summed E-state index contributed by atoms with van der Waals surface area (Å²) < 4.78 is 50.6. The zero-order valence-electron chi connectivity index (χ0n) is 11.1. The first-order chi connectivity index (χ1) is 9.68. The molecule has 0 aliphatic rings. The normalized spacial score (nSPS) is 12.2. The summed E-state index contributed by atoms with van der Waals surface area (Å²) in [5, 5.41) is 8.30. The van der Waals surface area contributed by atoms with E-state index in [1.165, 1.54) is 0 Å². The van der Waals surface area contributed by atoms with Crippen molar-refractivity contribution in [3.8, 4) is 0 Å². The second-order valence-electron chi connectivity index (χ2n) is 3.90. The van der Waals surface area contributed by atoms with Gasteiger partial charge < -0.3 is 5.11 Å². The fourth-order valence-corrected chi connectivity index (χ4v) is 3.38. The van der Waals surface area contributed by atoms with Crippen molar-refractivity contribution in [3.05, 3.63) is 23.9 Å². The molecule has 1 heterocycles. The Morgan fingerprint density at radius 2 is 1.90 bits per heavy atom. The Labute approximate surface area is 122 Å². The highest BCUT2D eigenvalue weighted by Gasteiger charge is 2.17. The molecular weight excluding hydrogens is 322 g/mol. The van der Waals surface area contributed by atoms with Crippen LogP contribution in [0.3, 0.4) is 0 Å². The largest absolute Gasteiger partial charge is 0.478 e. The van der Waals surface area contributed by atoms with Gasteiger partial charge in [0.2, 0.25) is 10.0 Å². The Morgan fingerprint density at radius 1 is 1.24 bits per heavy atom. The topological polar surface area (TPSA) is 143 Å². The molecule has 0 aromatic carbocycles. The average Bonchev–Trinajstić information content (AvgIpc) is 2.38. The lowest BCUT2D eigenvalue weighted by Crippen LogP contribution is -2.34. The van der Waals surface area contributed by atoms with E-state index in [4.69, 9.17) is 5.11 Å². The van der Waals surface area contributed by atoms with Crippen LogP contribution in [-0.2, 0) is 20.0 Å². The lowest BCUT2D eigenvalue weighted by molar-refractivity contribution is 0.0696. The van der Waals surface area contributed by atoms with Gasteiger partial charge in [0, 0.05) is 19.3 Å². The number of hydrogen-bond donors (Lipinski definition) is 3. The summed E-state index contributed by atoms with van der Waals surface area (Å²) in [5.74, 6) is -1.64. The number of rotatable bonds is 8. The zero-order chi connectivity index (χ0) is 16.1. The molecule has 0 bridgehead atoms. The fourth-order valence-electron chi connectivity index (χ4n) is 1.34. The van der Waals surface area contributed by atoms with Crippen LogP contribution in [0.15, 0.2) is 23.4 Å². The molecule has 0 saturated heterocycles. The molecule has 0 atom stereocenters. The molecule has 0 spiro atoms. The van der Waals surface area contributed by atoms with Gasteiger partial charge in [-0.3, -0.25) is 0 Å². The number of sulfonamides is 2. The standard InChI is InChI=1S/C10H15N3O6S2/c1-2-12-20(16,17)6-5-13-21(18,19)9-4-3-8(7-11-9)10(14)15/h3-4,7,12-13H,2,5-6H2,1H3,(H,14,15). The zero-order valence-corrected chi connectivity index (χ0v) is 12.7. The van der Waals surface area contributed by atoms with Crippen molar-refractivity contribution < 1.29 is 26.7 Å². The van der Waals surface area contributed by atoms with E-state index in [0.717, 1.165) is 18.3 Å². The van der Waals surface area contributed by atoms with Gasteiger partial charge in [-0.25, -0.2) is 36.1 Å². The number of nitrogens with zero attached hydrogens (tertiary/aromatic N) is 1.